The smallest absolute Gasteiger partial charge is 0.143 e. The van der Waals surface area contributed by atoms with E-state index in [1.54, 1.807) is 0 Å². The molecule has 0 aliphatic rings. The Morgan fingerprint density at radius 2 is 1.76 bits per heavy atom. The van der Waals surface area contributed by atoms with Crippen molar-refractivity contribution in [2.75, 3.05) is 6.61 Å². The van der Waals surface area contributed by atoms with Gasteiger partial charge in [-0.25, -0.2) is 0 Å². The van der Waals surface area contributed by atoms with Crippen LogP contribution in [0.5, 0.6) is 0 Å². The van der Waals surface area contributed by atoms with Gasteiger partial charge in [-0.2, -0.15) is 0 Å². The van der Waals surface area contributed by atoms with E-state index in [4.69, 9.17) is 4.74 Å². The Morgan fingerprint density at radius 3 is 2.29 bits per heavy atom. The summed E-state index contributed by atoms with van der Waals surface area (Å²) in [5.41, 5.74) is 2.55. The van der Waals surface area contributed by atoms with E-state index < -0.39 is 0 Å². The average Bonchev–Trinajstić information content (AvgIpc) is 2.28. The van der Waals surface area contributed by atoms with Crippen molar-refractivity contribution in [3.8, 4) is 0 Å². The Morgan fingerprint density at radius 1 is 1.12 bits per heavy atom. The van der Waals surface area contributed by atoms with Crippen LogP contribution in [0.25, 0.3) is 0 Å². The fraction of sp³-hybridized carbons (Fsp3) is 0.600. The molecule has 0 aliphatic carbocycles. The quantitative estimate of drug-likeness (QED) is 0.532. The second-order valence-electron chi connectivity index (χ2n) is 5.08. The van der Waals surface area contributed by atoms with Gasteiger partial charge in [0.25, 0.3) is 0 Å². The van der Waals surface area contributed by atoms with Crippen LogP contribution in [0.4, 0.5) is 0 Å². The van der Waals surface area contributed by atoms with E-state index in [-0.39, 0.29) is 4.75 Å². The molecule has 0 spiro atoms. The summed E-state index contributed by atoms with van der Waals surface area (Å²) in [5.74, 6) is 0. The number of benzene rings is 1. The Kier molecular flexibility index (Phi) is 6.07. The molecule has 0 bridgehead atoms. The van der Waals surface area contributed by atoms with Crippen molar-refractivity contribution >= 4 is 12.6 Å². The van der Waals surface area contributed by atoms with Gasteiger partial charge in [0.15, 0.2) is 0 Å². The predicted molar refractivity (Wildman–Crippen MR) is 78.8 cm³/mol. The zero-order chi connectivity index (χ0) is 12.7. The average molecular weight is 253 g/mol. The van der Waals surface area contributed by atoms with E-state index in [2.05, 4.69) is 57.7 Å². The fourth-order valence-corrected chi connectivity index (χ4v) is 1.83. The van der Waals surface area contributed by atoms with Crippen molar-refractivity contribution in [3.63, 3.8) is 0 Å². The molecule has 1 aromatic rings. The highest BCUT2D eigenvalue weighted by Crippen LogP contribution is 2.21. The van der Waals surface area contributed by atoms with Gasteiger partial charge in [-0.1, -0.05) is 44.0 Å². The lowest BCUT2D eigenvalue weighted by atomic mass is 10.0. The molecule has 1 rings (SSSR count). The van der Waals surface area contributed by atoms with E-state index in [0.29, 0.717) is 0 Å². The van der Waals surface area contributed by atoms with Gasteiger partial charge in [0.05, 0.1) is 6.61 Å². The van der Waals surface area contributed by atoms with Crippen LogP contribution in [0, 0.1) is 0 Å². The molecule has 0 heterocycles. The third-order valence-electron chi connectivity index (χ3n) is 2.84. The lowest BCUT2D eigenvalue weighted by Crippen LogP contribution is -2.12. The van der Waals surface area contributed by atoms with Crippen molar-refractivity contribution in [2.24, 2.45) is 0 Å². The maximum Gasteiger partial charge on any atom is 0.143 e. The Hall–Kier alpha value is -0.470. The van der Waals surface area contributed by atoms with Crippen molar-refractivity contribution in [1.29, 1.82) is 0 Å². The SMILES string of the molecule is CCCCCOCc1ccc(C(C)(C)[SH2+])cc1. The normalized spacial score (nSPS) is 11.8. The van der Waals surface area contributed by atoms with Gasteiger partial charge >= 0.3 is 0 Å². The first-order valence-electron chi connectivity index (χ1n) is 6.46. The maximum atomic E-state index is 5.64. The molecule has 0 N–H and O–H groups in total. The minimum atomic E-state index is 0.0422. The summed E-state index contributed by atoms with van der Waals surface area (Å²) in [6, 6.07) is 8.63. The standard InChI is InChI=1S/C15H24OS/c1-4-5-6-11-16-12-13-7-9-14(10-8-13)15(2,3)17/h7-10,17H,4-6,11-12H2,1-3H3/p+1. The van der Waals surface area contributed by atoms with E-state index in [0.717, 1.165) is 13.2 Å². The third-order valence-corrected chi connectivity index (χ3v) is 3.13. The van der Waals surface area contributed by atoms with Crippen LogP contribution >= 0.6 is 0 Å². The monoisotopic (exact) mass is 253 g/mol. The molecule has 17 heavy (non-hydrogen) atoms. The van der Waals surface area contributed by atoms with Gasteiger partial charge in [-0.15, -0.1) is 0 Å². The molecule has 0 aromatic heterocycles. The molecule has 0 saturated heterocycles. The number of hydrogen-bond donors (Lipinski definition) is 0. The molecule has 1 nitrogen and oxygen atoms in total. The van der Waals surface area contributed by atoms with Gasteiger partial charge in [-0.05, 0) is 38.5 Å². The zero-order valence-electron chi connectivity index (χ0n) is 11.3. The van der Waals surface area contributed by atoms with Crippen LogP contribution < -0.4 is 0 Å². The molecule has 0 fully saturated rings. The van der Waals surface area contributed by atoms with Crippen LogP contribution in [-0.4, -0.2) is 6.61 Å². The lowest BCUT2D eigenvalue weighted by Gasteiger charge is -2.12. The summed E-state index contributed by atoms with van der Waals surface area (Å²) in [5, 5.41) is 0. The number of ether oxygens (including phenoxy) is 1. The molecule has 2 heteroatoms. The van der Waals surface area contributed by atoms with Gasteiger partial charge in [0, 0.05) is 12.2 Å². The van der Waals surface area contributed by atoms with E-state index >= 15 is 0 Å². The molecular formula is C15H25OS+. The van der Waals surface area contributed by atoms with Gasteiger partial charge in [0.2, 0.25) is 0 Å². The second kappa shape index (κ2) is 7.07. The van der Waals surface area contributed by atoms with Crippen molar-refractivity contribution in [3.05, 3.63) is 35.4 Å². The van der Waals surface area contributed by atoms with Crippen LogP contribution in [0.1, 0.15) is 51.2 Å². The molecule has 0 aliphatic heterocycles. The first-order chi connectivity index (χ1) is 8.04. The largest absolute Gasteiger partial charge is 0.377 e. The Balaban J connectivity index is 2.36. The van der Waals surface area contributed by atoms with Gasteiger partial charge in [-0.3, -0.25) is 0 Å². The van der Waals surface area contributed by atoms with E-state index in [1.807, 2.05) is 0 Å². The maximum absolute atomic E-state index is 5.64. The minimum absolute atomic E-state index is 0.0422. The first kappa shape index (κ1) is 14.6. The van der Waals surface area contributed by atoms with Gasteiger partial charge in [0.1, 0.15) is 4.75 Å². The van der Waals surface area contributed by atoms with Crippen LogP contribution in [0.2, 0.25) is 0 Å². The summed E-state index contributed by atoms with van der Waals surface area (Å²) < 4.78 is 5.68. The number of hydrogen-bond acceptors (Lipinski definition) is 1. The van der Waals surface area contributed by atoms with Crippen molar-refractivity contribution in [1.82, 2.24) is 0 Å². The molecule has 0 radical (unpaired) electrons. The molecule has 96 valence electrons. The highest BCUT2D eigenvalue weighted by molar-refractivity contribution is 7.59. The van der Waals surface area contributed by atoms with Crippen molar-refractivity contribution in [2.45, 2.75) is 51.4 Å². The molecule has 0 atom stereocenters. The Labute approximate surface area is 111 Å². The summed E-state index contributed by atoms with van der Waals surface area (Å²) >= 11 is 3.71. The summed E-state index contributed by atoms with van der Waals surface area (Å²) in [7, 11) is 0. The summed E-state index contributed by atoms with van der Waals surface area (Å²) in [6.45, 7) is 8.12. The van der Waals surface area contributed by atoms with E-state index in [9.17, 15) is 0 Å². The van der Waals surface area contributed by atoms with Crippen LogP contribution in [-0.2, 0) is 28.7 Å². The van der Waals surface area contributed by atoms with Crippen LogP contribution in [0.15, 0.2) is 24.3 Å². The topological polar surface area (TPSA) is 9.23 Å². The number of unbranched alkanes of at least 4 members (excludes halogenated alkanes) is 2. The lowest BCUT2D eigenvalue weighted by molar-refractivity contribution is 0.117. The summed E-state index contributed by atoms with van der Waals surface area (Å²) in [6.07, 6.45) is 3.68. The second-order valence-corrected chi connectivity index (χ2v) is 6.33. The zero-order valence-corrected chi connectivity index (χ0v) is 12.3. The Bertz CT molecular complexity index is 311. The predicted octanol–water partition coefficient (Wildman–Crippen LogP) is 3.64. The van der Waals surface area contributed by atoms with E-state index in [1.165, 1.54) is 30.4 Å². The molecular weight excluding hydrogens is 228 g/mol. The minimum Gasteiger partial charge on any atom is -0.377 e. The number of rotatable bonds is 7. The van der Waals surface area contributed by atoms with Crippen molar-refractivity contribution < 1.29 is 4.74 Å². The highest BCUT2D eigenvalue weighted by atomic mass is 32.1. The van der Waals surface area contributed by atoms with Crippen LogP contribution in [0.3, 0.4) is 0 Å². The summed E-state index contributed by atoms with van der Waals surface area (Å²) in [4.78, 5) is 0. The first-order valence-corrected chi connectivity index (χ1v) is 6.96. The highest BCUT2D eigenvalue weighted by Gasteiger charge is 2.20. The third kappa shape index (κ3) is 5.60. The fourth-order valence-electron chi connectivity index (χ4n) is 1.66. The molecule has 0 amide bonds. The molecule has 0 unspecified atom stereocenters. The molecule has 1 aromatic carbocycles. The van der Waals surface area contributed by atoms with Gasteiger partial charge < -0.3 is 4.74 Å². The molecule has 0 saturated carbocycles.